The summed E-state index contributed by atoms with van der Waals surface area (Å²) in [7, 11) is 3.03. The van der Waals surface area contributed by atoms with E-state index in [4.69, 9.17) is 23.7 Å². The highest BCUT2D eigenvalue weighted by Gasteiger charge is 2.29. The summed E-state index contributed by atoms with van der Waals surface area (Å²) < 4.78 is 25.7. The molecule has 0 bridgehead atoms. The van der Waals surface area contributed by atoms with Crippen molar-refractivity contribution in [2.75, 3.05) is 73.6 Å². The first-order valence-electron chi connectivity index (χ1n) is 6.83. The molecule has 0 saturated carbocycles. The number of carbonyl (C=O) groups excluding carboxylic acids is 1. The predicted octanol–water partition coefficient (Wildman–Crippen LogP) is -0.460. The van der Waals surface area contributed by atoms with Crippen molar-refractivity contribution in [3.8, 4) is 0 Å². The summed E-state index contributed by atoms with van der Waals surface area (Å²) in [5.41, 5.74) is 0. The van der Waals surface area contributed by atoms with Crippen molar-refractivity contribution in [2.24, 2.45) is 0 Å². The fourth-order valence-electron chi connectivity index (χ4n) is 1.90. The molecule has 20 heavy (non-hydrogen) atoms. The third-order valence-corrected chi connectivity index (χ3v) is 3.04. The second-order valence-electron chi connectivity index (χ2n) is 4.37. The Hall–Kier alpha value is -0.730. The fraction of sp³-hybridized carbons (Fsp3) is 0.923. The molecule has 1 fully saturated rings. The monoisotopic (exact) mass is 291 g/mol. The third-order valence-electron chi connectivity index (χ3n) is 3.04. The van der Waals surface area contributed by atoms with Crippen LogP contribution in [0.5, 0.6) is 0 Å². The largest absolute Gasteiger partial charge is 0.468 e. The quantitative estimate of drug-likeness (QED) is 0.398. The minimum Gasteiger partial charge on any atom is -0.468 e. The molecule has 1 aliphatic heterocycles. The molecule has 1 saturated heterocycles. The van der Waals surface area contributed by atoms with Crippen LogP contribution in [0.1, 0.15) is 0 Å². The van der Waals surface area contributed by atoms with E-state index in [0.717, 1.165) is 0 Å². The molecule has 1 rings (SSSR count). The molecule has 1 heterocycles. The summed E-state index contributed by atoms with van der Waals surface area (Å²) in [6.45, 7) is 5.22. The van der Waals surface area contributed by atoms with E-state index in [1.165, 1.54) is 7.11 Å². The van der Waals surface area contributed by atoms with Gasteiger partial charge in [0.05, 0.1) is 53.4 Å². The van der Waals surface area contributed by atoms with Gasteiger partial charge in [0, 0.05) is 20.2 Å². The average Bonchev–Trinajstić information content (AvgIpc) is 2.49. The van der Waals surface area contributed by atoms with Crippen molar-refractivity contribution in [1.29, 1.82) is 0 Å². The molecule has 0 spiro atoms. The number of morpholine rings is 1. The van der Waals surface area contributed by atoms with Crippen LogP contribution in [0.25, 0.3) is 0 Å². The summed E-state index contributed by atoms with van der Waals surface area (Å²) in [5, 5.41) is 0. The first-order valence-corrected chi connectivity index (χ1v) is 6.83. The molecule has 7 heteroatoms. The van der Waals surface area contributed by atoms with E-state index >= 15 is 0 Å². The predicted molar refractivity (Wildman–Crippen MR) is 71.7 cm³/mol. The smallest absolute Gasteiger partial charge is 0.325 e. The lowest BCUT2D eigenvalue weighted by atomic mass is 10.2. The molecule has 7 nitrogen and oxygen atoms in total. The Morgan fingerprint density at radius 3 is 2.55 bits per heavy atom. The Kier molecular flexibility index (Phi) is 9.52. The van der Waals surface area contributed by atoms with Crippen molar-refractivity contribution < 1.29 is 28.5 Å². The van der Waals surface area contributed by atoms with E-state index in [1.807, 2.05) is 4.90 Å². The van der Waals surface area contributed by atoms with Crippen molar-refractivity contribution in [2.45, 2.75) is 6.04 Å². The molecule has 0 amide bonds. The van der Waals surface area contributed by atoms with Crippen LogP contribution in [0.2, 0.25) is 0 Å². The lowest BCUT2D eigenvalue weighted by molar-refractivity contribution is -0.153. The van der Waals surface area contributed by atoms with Gasteiger partial charge < -0.3 is 23.7 Å². The number of carbonyl (C=O) groups is 1. The van der Waals surface area contributed by atoms with E-state index in [1.54, 1.807) is 7.11 Å². The van der Waals surface area contributed by atoms with Gasteiger partial charge in [0.15, 0.2) is 0 Å². The maximum atomic E-state index is 11.6. The van der Waals surface area contributed by atoms with Gasteiger partial charge in [0.25, 0.3) is 0 Å². The molecule has 1 unspecified atom stereocenters. The molecular weight excluding hydrogens is 266 g/mol. The van der Waals surface area contributed by atoms with Crippen LogP contribution in [0.3, 0.4) is 0 Å². The summed E-state index contributed by atoms with van der Waals surface area (Å²) in [5.74, 6) is -0.257. The van der Waals surface area contributed by atoms with Gasteiger partial charge in [-0.2, -0.15) is 0 Å². The number of rotatable bonds is 10. The summed E-state index contributed by atoms with van der Waals surface area (Å²) in [4.78, 5) is 13.6. The lowest BCUT2D eigenvalue weighted by Crippen LogP contribution is -2.51. The maximum Gasteiger partial charge on any atom is 0.325 e. The van der Waals surface area contributed by atoms with E-state index in [0.29, 0.717) is 59.3 Å². The first kappa shape index (κ1) is 17.3. The standard InChI is InChI=1S/C13H25NO6/c1-16-7-8-19-10-9-18-5-3-14-4-6-20-11-12(14)13(15)17-2/h12H,3-11H2,1-2H3. The number of ether oxygens (including phenoxy) is 5. The normalized spacial score (nSPS) is 20.0. The molecule has 118 valence electrons. The topological polar surface area (TPSA) is 66.5 Å². The Bertz CT molecular complexity index is 263. The highest BCUT2D eigenvalue weighted by molar-refractivity contribution is 5.75. The van der Waals surface area contributed by atoms with Crippen LogP contribution >= 0.6 is 0 Å². The van der Waals surface area contributed by atoms with Crippen molar-refractivity contribution >= 4 is 5.97 Å². The highest BCUT2D eigenvalue weighted by Crippen LogP contribution is 2.08. The molecule has 1 aliphatic rings. The zero-order valence-corrected chi connectivity index (χ0v) is 12.3. The third kappa shape index (κ3) is 6.62. The number of hydrogen-bond donors (Lipinski definition) is 0. The molecular formula is C13H25NO6. The van der Waals surface area contributed by atoms with Gasteiger partial charge in [0.1, 0.15) is 6.04 Å². The summed E-state index contributed by atoms with van der Waals surface area (Å²) in [6.07, 6.45) is 0. The van der Waals surface area contributed by atoms with Crippen LogP contribution in [0.4, 0.5) is 0 Å². The molecule has 0 aliphatic carbocycles. The Labute approximate surface area is 120 Å². The van der Waals surface area contributed by atoms with Crippen LogP contribution in [0, 0.1) is 0 Å². The minimum absolute atomic E-state index is 0.257. The molecule has 0 aromatic rings. The van der Waals surface area contributed by atoms with Gasteiger partial charge in [-0.1, -0.05) is 0 Å². The van der Waals surface area contributed by atoms with E-state index in [2.05, 4.69) is 0 Å². The molecule has 0 aromatic heterocycles. The Balaban J connectivity index is 2.08. The van der Waals surface area contributed by atoms with Crippen molar-refractivity contribution in [1.82, 2.24) is 4.90 Å². The Morgan fingerprint density at radius 1 is 1.15 bits per heavy atom. The van der Waals surface area contributed by atoms with Gasteiger partial charge in [-0.25, -0.2) is 0 Å². The number of nitrogens with zero attached hydrogens (tertiary/aromatic N) is 1. The maximum absolute atomic E-state index is 11.6. The van der Waals surface area contributed by atoms with Gasteiger partial charge in [-0.15, -0.1) is 0 Å². The van der Waals surface area contributed by atoms with Crippen molar-refractivity contribution in [3.63, 3.8) is 0 Å². The van der Waals surface area contributed by atoms with E-state index in [-0.39, 0.29) is 12.0 Å². The second-order valence-corrected chi connectivity index (χ2v) is 4.37. The van der Waals surface area contributed by atoms with E-state index < -0.39 is 0 Å². The lowest BCUT2D eigenvalue weighted by Gasteiger charge is -2.33. The molecule has 1 atom stereocenters. The van der Waals surface area contributed by atoms with Crippen LogP contribution < -0.4 is 0 Å². The first-order chi connectivity index (χ1) is 9.79. The molecule has 0 aromatic carbocycles. The van der Waals surface area contributed by atoms with Gasteiger partial charge in [-0.05, 0) is 0 Å². The van der Waals surface area contributed by atoms with E-state index in [9.17, 15) is 4.79 Å². The molecule has 0 N–H and O–H groups in total. The zero-order valence-electron chi connectivity index (χ0n) is 12.3. The highest BCUT2D eigenvalue weighted by atomic mass is 16.5. The summed E-state index contributed by atoms with van der Waals surface area (Å²) in [6, 6.07) is -0.324. The minimum atomic E-state index is -0.324. The van der Waals surface area contributed by atoms with Crippen molar-refractivity contribution in [3.05, 3.63) is 0 Å². The number of esters is 1. The van der Waals surface area contributed by atoms with Gasteiger partial charge in [0.2, 0.25) is 0 Å². The Morgan fingerprint density at radius 2 is 1.85 bits per heavy atom. The summed E-state index contributed by atoms with van der Waals surface area (Å²) >= 11 is 0. The van der Waals surface area contributed by atoms with Crippen LogP contribution in [-0.4, -0.2) is 90.5 Å². The van der Waals surface area contributed by atoms with Crippen LogP contribution in [0.15, 0.2) is 0 Å². The van der Waals surface area contributed by atoms with Crippen LogP contribution in [-0.2, 0) is 28.5 Å². The second kappa shape index (κ2) is 11.0. The number of methoxy groups -OCH3 is 2. The number of hydrogen-bond acceptors (Lipinski definition) is 7. The van der Waals surface area contributed by atoms with Gasteiger partial charge >= 0.3 is 5.97 Å². The van der Waals surface area contributed by atoms with Gasteiger partial charge in [-0.3, -0.25) is 9.69 Å². The fourth-order valence-corrected chi connectivity index (χ4v) is 1.90. The molecule has 0 radical (unpaired) electrons. The average molecular weight is 291 g/mol. The zero-order chi connectivity index (χ0) is 14.6. The SMILES string of the molecule is COCCOCCOCCN1CCOCC1C(=O)OC.